The van der Waals surface area contributed by atoms with Crippen LogP contribution in [0.3, 0.4) is 0 Å². The minimum absolute atomic E-state index is 0.0299. The summed E-state index contributed by atoms with van der Waals surface area (Å²) in [6, 6.07) is 5.59. The topological polar surface area (TPSA) is 88.5 Å². The number of rotatable bonds is 6. The van der Waals surface area contributed by atoms with E-state index in [1.165, 1.54) is 24.3 Å². The van der Waals surface area contributed by atoms with Crippen molar-refractivity contribution in [2.24, 2.45) is 0 Å². The summed E-state index contributed by atoms with van der Waals surface area (Å²) in [6.07, 6.45) is 0. The van der Waals surface area contributed by atoms with Crippen LogP contribution >= 0.6 is 0 Å². The molecule has 0 amide bonds. The fourth-order valence-electron chi connectivity index (χ4n) is 1.21. The van der Waals surface area contributed by atoms with Gasteiger partial charge in [-0.1, -0.05) is 6.92 Å². The zero-order valence-electron chi connectivity index (χ0n) is 9.83. The summed E-state index contributed by atoms with van der Waals surface area (Å²) >= 11 is 0. The van der Waals surface area contributed by atoms with Gasteiger partial charge in [0, 0.05) is 16.4 Å². The average Bonchev–Trinajstić information content (AvgIpc) is 2.36. The number of aromatic carboxylic acids is 1. The molecule has 0 aliphatic rings. The third-order valence-corrected chi connectivity index (χ3v) is 5.72. The van der Waals surface area contributed by atoms with Crippen molar-refractivity contribution in [2.75, 3.05) is 17.3 Å². The molecule has 0 radical (unpaired) electrons. The molecule has 0 aliphatic heterocycles. The molecule has 100 valence electrons. The highest BCUT2D eigenvalue weighted by Gasteiger charge is 2.12. The molecule has 0 spiro atoms. The summed E-state index contributed by atoms with van der Waals surface area (Å²) in [5, 5.41) is 8.70. The van der Waals surface area contributed by atoms with Gasteiger partial charge in [-0.25, -0.2) is 13.2 Å². The van der Waals surface area contributed by atoms with Gasteiger partial charge in [-0.2, -0.15) is 0 Å². The number of carboxylic acid groups (broad SMARTS) is 1. The van der Waals surface area contributed by atoms with Crippen molar-refractivity contribution in [3.63, 3.8) is 0 Å². The van der Waals surface area contributed by atoms with Crippen LogP contribution in [0.25, 0.3) is 0 Å². The Kier molecular flexibility index (Phi) is 5.03. The monoisotopic (exact) mass is 290 g/mol. The van der Waals surface area contributed by atoms with E-state index in [2.05, 4.69) is 0 Å². The van der Waals surface area contributed by atoms with Gasteiger partial charge in [-0.3, -0.25) is 4.21 Å². The average molecular weight is 290 g/mol. The Labute approximate surface area is 108 Å². The van der Waals surface area contributed by atoms with Crippen LogP contribution in [0.2, 0.25) is 0 Å². The van der Waals surface area contributed by atoms with Crippen molar-refractivity contribution in [1.82, 2.24) is 0 Å². The molecular weight excluding hydrogens is 276 g/mol. The summed E-state index contributed by atoms with van der Waals surface area (Å²) in [6.45, 7) is 1.54. The lowest BCUT2D eigenvalue weighted by atomic mass is 10.2. The molecule has 18 heavy (non-hydrogen) atoms. The molecule has 0 bridgehead atoms. The molecule has 1 aromatic carbocycles. The zero-order valence-corrected chi connectivity index (χ0v) is 11.5. The van der Waals surface area contributed by atoms with Crippen LogP contribution in [0.5, 0.6) is 0 Å². The number of carboxylic acids is 1. The van der Waals surface area contributed by atoms with Gasteiger partial charge >= 0.3 is 5.97 Å². The number of hydrogen-bond acceptors (Lipinski definition) is 4. The van der Waals surface area contributed by atoms with Crippen LogP contribution < -0.4 is 0 Å². The normalized spacial score (nSPS) is 13.2. The first kappa shape index (κ1) is 14.8. The van der Waals surface area contributed by atoms with Crippen LogP contribution in [-0.2, 0) is 20.6 Å². The second-order valence-electron chi connectivity index (χ2n) is 3.62. The van der Waals surface area contributed by atoms with E-state index in [0.29, 0.717) is 4.90 Å². The maximum Gasteiger partial charge on any atom is 0.335 e. The van der Waals surface area contributed by atoms with E-state index in [1.807, 2.05) is 0 Å². The standard InChI is InChI=1S/C11H14O5S2/c1-2-18(15,16)8-7-17(14)10-5-3-9(4-6-10)11(12)13/h3-6H,2,7-8H2,1H3,(H,12,13). The number of carbonyl (C=O) groups is 1. The molecule has 5 nitrogen and oxygen atoms in total. The fourth-order valence-corrected chi connectivity index (χ4v) is 3.80. The highest BCUT2D eigenvalue weighted by atomic mass is 32.2. The largest absolute Gasteiger partial charge is 0.478 e. The van der Waals surface area contributed by atoms with Gasteiger partial charge in [0.25, 0.3) is 0 Å². The first-order valence-electron chi connectivity index (χ1n) is 5.28. The Morgan fingerprint density at radius 1 is 1.28 bits per heavy atom. The fraction of sp³-hybridized carbons (Fsp3) is 0.364. The van der Waals surface area contributed by atoms with Crippen LogP contribution in [0.1, 0.15) is 17.3 Å². The number of benzene rings is 1. The Bertz CT molecular complexity index is 545. The van der Waals surface area contributed by atoms with Crippen LogP contribution in [-0.4, -0.2) is 41.0 Å². The molecule has 1 rings (SSSR count). The van der Waals surface area contributed by atoms with Gasteiger partial charge in [-0.15, -0.1) is 0 Å². The second-order valence-corrected chi connectivity index (χ2v) is 7.66. The minimum Gasteiger partial charge on any atom is -0.478 e. The Morgan fingerprint density at radius 2 is 1.83 bits per heavy atom. The van der Waals surface area contributed by atoms with E-state index in [9.17, 15) is 17.4 Å². The molecule has 1 N–H and O–H groups in total. The highest BCUT2D eigenvalue weighted by Crippen LogP contribution is 2.09. The van der Waals surface area contributed by atoms with Crippen molar-refractivity contribution in [3.8, 4) is 0 Å². The van der Waals surface area contributed by atoms with Crippen LogP contribution in [0, 0.1) is 0 Å². The summed E-state index contributed by atoms with van der Waals surface area (Å²) in [4.78, 5) is 11.1. The quantitative estimate of drug-likeness (QED) is 0.842. The highest BCUT2D eigenvalue weighted by molar-refractivity contribution is 7.93. The predicted octanol–water partition coefficient (Wildman–Crippen LogP) is 0.927. The Balaban J connectivity index is 2.71. The lowest BCUT2D eigenvalue weighted by Crippen LogP contribution is -2.15. The lowest BCUT2D eigenvalue weighted by Gasteiger charge is -2.03. The molecule has 1 aromatic rings. The molecule has 0 aromatic heterocycles. The summed E-state index contributed by atoms with van der Waals surface area (Å²) in [5.74, 6) is -1.12. The number of sulfone groups is 1. The second kappa shape index (κ2) is 6.10. The Hall–Kier alpha value is -1.21. The molecular formula is C11H14O5S2. The summed E-state index contributed by atoms with van der Waals surface area (Å²) in [5.41, 5.74) is 0.108. The molecule has 0 fully saturated rings. The number of hydrogen-bond donors (Lipinski definition) is 1. The minimum atomic E-state index is -3.13. The lowest BCUT2D eigenvalue weighted by molar-refractivity contribution is 0.0697. The maximum atomic E-state index is 11.8. The maximum absolute atomic E-state index is 11.8. The summed E-state index contributed by atoms with van der Waals surface area (Å²) < 4.78 is 34.3. The molecule has 0 saturated heterocycles. The molecule has 1 unspecified atom stereocenters. The van der Waals surface area contributed by atoms with Gasteiger partial charge in [0.15, 0.2) is 9.84 Å². The molecule has 0 heterocycles. The van der Waals surface area contributed by atoms with E-state index >= 15 is 0 Å². The van der Waals surface area contributed by atoms with Crippen molar-refractivity contribution < 1.29 is 22.5 Å². The van der Waals surface area contributed by atoms with Crippen molar-refractivity contribution in [2.45, 2.75) is 11.8 Å². The van der Waals surface area contributed by atoms with E-state index in [-0.39, 0.29) is 22.8 Å². The van der Waals surface area contributed by atoms with Gasteiger partial charge in [0.2, 0.25) is 0 Å². The predicted molar refractivity (Wildman–Crippen MR) is 69.0 cm³/mol. The van der Waals surface area contributed by atoms with E-state index in [4.69, 9.17) is 5.11 Å². The van der Waals surface area contributed by atoms with Crippen molar-refractivity contribution >= 4 is 26.6 Å². The molecule has 0 saturated carbocycles. The first-order valence-corrected chi connectivity index (χ1v) is 8.42. The van der Waals surface area contributed by atoms with Crippen LogP contribution in [0.4, 0.5) is 0 Å². The van der Waals surface area contributed by atoms with Crippen molar-refractivity contribution in [3.05, 3.63) is 29.8 Å². The van der Waals surface area contributed by atoms with Gasteiger partial charge in [0.05, 0.1) is 22.1 Å². The molecule has 1 atom stereocenters. The smallest absolute Gasteiger partial charge is 0.335 e. The summed E-state index contributed by atoms with van der Waals surface area (Å²) in [7, 11) is -4.56. The third kappa shape index (κ3) is 4.23. The third-order valence-electron chi connectivity index (χ3n) is 2.38. The van der Waals surface area contributed by atoms with Crippen molar-refractivity contribution in [1.29, 1.82) is 0 Å². The van der Waals surface area contributed by atoms with Gasteiger partial charge in [0.1, 0.15) is 0 Å². The zero-order chi connectivity index (χ0) is 13.8. The van der Waals surface area contributed by atoms with E-state index < -0.39 is 26.6 Å². The molecule has 0 aliphatic carbocycles. The van der Waals surface area contributed by atoms with E-state index in [1.54, 1.807) is 6.92 Å². The Morgan fingerprint density at radius 3 is 2.28 bits per heavy atom. The van der Waals surface area contributed by atoms with Gasteiger partial charge < -0.3 is 5.11 Å². The van der Waals surface area contributed by atoms with Gasteiger partial charge in [-0.05, 0) is 24.3 Å². The molecule has 7 heteroatoms. The first-order chi connectivity index (χ1) is 8.35. The van der Waals surface area contributed by atoms with E-state index in [0.717, 1.165) is 0 Å². The van der Waals surface area contributed by atoms with Crippen LogP contribution in [0.15, 0.2) is 29.2 Å². The SMILES string of the molecule is CCS(=O)(=O)CCS(=O)c1ccc(C(=O)O)cc1.